The van der Waals surface area contributed by atoms with Gasteiger partial charge in [0.2, 0.25) is 12.6 Å². The molecule has 1 heterocycles. The predicted octanol–water partition coefficient (Wildman–Crippen LogP) is 5.71. The number of hydrogen-bond acceptors (Lipinski definition) is 4. The summed E-state index contributed by atoms with van der Waals surface area (Å²) in [6.45, 7) is 0.0386. The summed E-state index contributed by atoms with van der Waals surface area (Å²) >= 11 is 0. The molecule has 1 aliphatic rings. The lowest BCUT2D eigenvalue weighted by atomic mass is 9.92. The second-order valence-electron chi connectivity index (χ2n) is 7.98. The van der Waals surface area contributed by atoms with Crippen LogP contribution in [0.1, 0.15) is 15.9 Å². The zero-order valence-corrected chi connectivity index (χ0v) is 18.1. The van der Waals surface area contributed by atoms with E-state index in [0.29, 0.717) is 17.1 Å². The van der Waals surface area contributed by atoms with E-state index in [1.54, 1.807) is 12.1 Å². The number of carbonyl (C=O) groups is 1. The summed E-state index contributed by atoms with van der Waals surface area (Å²) in [5.74, 6) is 0.0982. The Kier molecular flexibility index (Phi) is 4.32. The van der Waals surface area contributed by atoms with Crippen molar-refractivity contribution < 1.29 is 28.6 Å². The summed E-state index contributed by atoms with van der Waals surface area (Å²) in [5.41, 5.74) is 0.680. The molecule has 33 heavy (non-hydrogen) atoms. The second-order valence-corrected chi connectivity index (χ2v) is 9.55. The van der Waals surface area contributed by atoms with Crippen LogP contribution in [0.5, 0.6) is 11.5 Å². The van der Waals surface area contributed by atoms with Gasteiger partial charge in [0.05, 0.1) is 0 Å². The van der Waals surface area contributed by atoms with Crippen molar-refractivity contribution in [2.24, 2.45) is 0 Å². The van der Waals surface area contributed by atoms with Gasteiger partial charge in [-0.1, -0.05) is 54.6 Å². The minimum Gasteiger partial charge on any atom is -0.454 e. The molecule has 5 aromatic carbocycles. The van der Waals surface area contributed by atoms with Gasteiger partial charge in [-0.15, -0.1) is 0 Å². The third-order valence-corrected chi connectivity index (χ3v) is 7.00. The summed E-state index contributed by atoms with van der Waals surface area (Å²) in [6.07, 6.45) is 1.31. The second kappa shape index (κ2) is 7.15. The van der Waals surface area contributed by atoms with Crippen LogP contribution < -0.4 is 9.47 Å². The van der Waals surface area contributed by atoms with Crippen molar-refractivity contribution in [1.29, 1.82) is 0 Å². The molecule has 0 unspecified atom stereocenters. The number of ketones is 1. The average Bonchev–Trinajstić information content (AvgIpc) is 3.28. The van der Waals surface area contributed by atoms with Crippen LogP contribution >= 0.6 is 7.60 Å². The molecule has 0 spiro atoms. The van der Waals surface area contributed by atoms with Crippen LogP contribution in [0.3, 0.4) is 0 Å². The molecular weight excluding hydrogens is 439 g/mol. The third-order valence-electron chi connectivity index (χ3n) is 6.04. The number of rotatable bonds is 4. The number of Topliss-reactive ketones (excluding diaryl/α,β-unsaturated/α-hetero) is 1. The SMILES string of the molecule is O=C(/C(=C/c1ccc2ccc3cccc4ccc1c2c34)P(=O)(O)O)c1ccc2c(c1)OCO2. The van der Waals surface area contributed by atoms with Crippen LogP contribution in [0.15, 0.2) is 78.1 Å². The maximum atomic E-state index is 13.2. The van der Waals surface area contributed by atoms with Crippen LogP contribution in [0, 0.1) is 0 Å². The first kappa shape index (κ1) is 19.9. The van der Waals surface area contributed by atoms with Gasteiger partial charge < -0.3 is 19.3 Å². The molecule has 6 nitrogen and oxygen atoms in total. The van der Waals surface area contributed by atoms with Gasteiger partial charge in [0.1, 0.15) is 5.31 Å². The number of ether oxygens (including phenoxy) is 2. The van der Waals surface area contributed by atoms with Crippen LogP contribution in [-0.4, -0.2) is 22.4 Å². The predicted molar refractivity (Wildman–Crippen MR) is 127 cm³/mol. The summed E-state index contributed by atoms with van der Waals surface area (Å²) in [6, 6.07) is 22.2. The maximum Gasteiger partial charge on any atom is 0.360 e. The Balaban J connectivity index is 1.56. The zero-order valence-electron chi connectivity index (χ0n) is 17.2. The molecule has 0 radical (unpaired) electrons. The van der Waals surface area contributed by atoms with E-state index in [-0.39, 0.29) is 12.4 Å². The van der Waals surface area contributed by atoms with E-state index in [1.165, 1.54) is 18.2 Å². The molecule has 7 heteroatoms. The zero-order chi connectivity index (χ0) is 22.7. The number of fused-ring (bicyclic) bond motifs is 1. The lowest BCUT2D eigenvalue weighted by Crippen LogP contribution is -2.04. The van der Waals surface area contributed by atoms with Crippen molar-refractivity contribution >= 4 is 51.8 Å². The number of allylic oxidation sites excluding steroid dienone is 1. The number of benzene rings is 5. The van der Waals surface area contributed by atoms with Crippen molar-refractivity contribution in [3.05, 3.63) is 89.2 Å². The first-order chi connectivity index (χ1) is 15.9. The fourth-order valence-electron chi connectivity index (χ4n) is 4.50. The van der Waals surface area contributed by atoms with Gasteiger partial charge in [-0.3, -0.25) is 9.36 Å². The van der Waals surface area contributed by atoms with E-state index < -0.39 is 18.7 Å². The minimum absolute atomic E-state index is 0.0386. The highest BCUT2D eigenvalue weighted by molar-refractivity contribution is 7.58. The Labute approximate surface area is 188 Å². The standard InChI is InChI=1S/C26H17O6P/c27-26(19-9-11-21-22(12-19)32-14-31-21)23(33(28,29)30)13-18-7-6-17-5-4-15-2-1-3-16-8-10-20(18)25(17)24(15)16/h1-13H,14H2,(H2,28,29,30)/b23-13-. The van der Waals surface area contributed by atoms with Gasteiger partial charge in [-0.2, -0.15) is 0 Å². The van der Waals surface area contributed by atoms with Crippen molar-refractivity contribution in [2.75, 3.05) is 6.79 Å². The van der Waals surface area contributed by atoms with Crippen molar-refractivity contribution in [3.8, 4) is 11.5 Å². The average molecular weight is 456 g/mol. The van der Waals surface area contributed by atoms with Crippen LogP contribution in [0.4, 0.5) is 0 Å². The van der Waals surface area contributed by atoms with Crippen LogP contribution in [0.25, 0.3) is 38.4 Å². The highest BCUT2D eigenvalue weighted by atomic mass is 31.2. The first-order valence-electron chi connectivity index (χ1n) is 10.3. The summed E-state index contributed by atoms with van der Waals surface area (Å²) in [5, 5.41) is 5.52. The van der Waals surface area contributed by atoms with E-state index in [9.17, 15) is 19.1 Å². The van der Waals surface area contributed by atoms with Gasteiger partial charge in [-0.25, -0.2) is 0 Å². The Bertz CT molecular complexity index is 1650. The van der Waals surface area contributed by atoms with Crippen LogP contribution in [0.2, 0.25) is 0 Å². The molecule has 0 aliphatic carbocycles. The van der Waals surface area contributed by atoms with Crippen molar-refractivity contribution in [3.63, 3.8) is 0 Å². The van der Waals surface area contributed by atoms with E-state index in [0.717, 1.165) is 32.3 Å². The Hall–Kier alpha value is -3.70. The molecule has 0 amide bonds. The molecule has 2 N–H and O–H groups in total. The molecule has 0 bridgehead atoms. The number of carbonyl (C=O) groups excluding carboxylic acids is 1. The first-order valence-corrected chi connectivity index (χ1v) is 11.9. The fraction of sp³-hybridized carbons (Fsp3) is 0.0385. The summed E-state index contributed by atoms with van der Waals surface area (Å²) < 4.78 is 23.0. The topological polar surface area (TPSA) is 93.1 Å². The summed E-state index contributed by atoms with van der Waals surface area (Å²) in [7, 11) is -4.89. The molecule has 0 saturated carbocycles. The van der Waals surface area contributed by atoms with E-state index >= 15 is 0 Å². The molecule has 1 aliphatic heterocycles. The molecule has 0 fully saturated rings. The van der Waals surface area contributed by atoms with E-state index in [1.807, 2.05) is 42.5 Å². The van der Waals surface area contributed by atoms with Gasteiger partial charge in [0.25, 0.3) is 0 Å². The van der Waals surface area contributed by atoms with Gasteiger partial charge in [-0.05, 0) is 62.2 Å². The van der Waals surface area contributed by atoms with Gasteiger partial charge >= 0.3 is 7.60 Å². The molecule has 5 aromatic rings. The van der Waals surface area contributed by atoms with Gasteiger partial charge in [0, 0.05) is 5.56 Å². The molecule has 0 atom stereocenters. The molecule has 0 aromatic heterocycles. The molecule has 0 saturated heterocycles. The monoisotopic (exact) mass is 456 g/mol. The molecular formula is C26H17O6P. The lowest BCUT2D eigenvalue weighted by Gasteiger charge is -2.14. The number of hydrogen-bond donors (Lipinski definition) is 2. The largest absolute Gasteiger partial charge is 0.454 e. The molecule has 6 rings (SSSR count). The normalized spacial score (nSPS) is 13.9. The van der Waals surface area contributed by atoms with Crippen LogP contribution in [-0.2, 0) is 4.57 Å². The van der Waals surface area contributed by atoms with Crippen molar-refractivity contribution in [1.82, 2.24) is 0 Å². The minimum atomic E-state index is -4.89. The van der Waals surface area contributed by atoms with Crippen molar-refractivity contribution in [2.45, 2.75) is 0 Å². The maximum absolute atomic E-state index is 13.2. The third kappa shape index (κ3) is 3.19. The lowest BCUT2D eigenvalue weighted by molar-refractivity contribution is 0.103. The van der Waals surface area contributed by atoms with E-state index in [4.69, 9.17) is 9.47 Å². The Morgan fingerprint density at radius 2 is 1.48 bits per heavy atom. The quantitative estimate of drug-likeness (QED) is 0.156. The van der Waals surface area contributed by atoms with E-state index in [2.05, 4.69) is 6.07 Å². The Morgan fingerprint density at radius 1 is 0.818 bits per heavy atom. The summed E-state index contributed by atoms with van der Waals surface area (Å²) in [4.78, 5) is 33.4. The molecule has 162 valence electrons. The fourth-order valence-corrected chi connectivity index (χ4v) is 5.20. The smallest absolute Gasteiger partial charge is 0.360 e. The van der Waals surface area contributed by atoms with Gasteiger partial charge in [0.15, 0.2) is 11.5 Å². The Morgan fingerprint density at radius 3 is 2.24 bits per heavy atom. The highest BCUT2D eigenvalue weighted by Crippen LogP contribution is 2.49. The highest BCUT2D eigenvalue weighted by Gasteiger charge is 2.30.